The van der Waals surface area contributed by atoms with Gasteiger partial charge in [0, 0.05) is 12.0 Å². The SMILES string of the molecule is O=c1[nH]nc(Cc2ccccc2)c2c1CB2. The minimum Gasteiger partial charge on any atom is -0.268 e. The molecule has 0 spiro atoms. The number of nitrogens with zero attached hydrogens (tertiary/aromatic N) is 1. The first-order valence-electron chi connectivity index (χ1n) is 5.48. The average molecular weight is 210 g/mol. The van der Waals surface area contributed by atoms with E-state index >= 15 is 0 Å². The molecule has 0 amide bonds. The summed E-state index contributed by atoms with van der Waals surface area (Å²) < 4.78 is 0. The van der Waals surface area contributed by atoms with Crippen molar-refractivity contribution in [2.45, 2.75) is 12.7 Å². The van der Waals surface area contributed by atoms with Crippen molar-refractivity contribution < 1.29 is 0 Å². The lowest BCUT2D eigenvalue weighted by Gasteiger charge is -2.18. The van der Waals surface area contributed by atoms with Crippen molar-refractivity contribution in [2.24, 2.45) is 0 Å². The third kappa shape index (κ3) is 1.47. The van der Waals surface area contributed by atoms with Crippen LogP contribution in [0.25, 0.3) is 0 Å². The van der Waals surface area contributed by atoms with Gasteiger partial charge in [-0.1, -0.05) is 35.8 Å². The molecule has 0 saturated heterocycles. The first kappa shape index (κ1) is 9.40. The van der Waals surface area contributed by atoms with Gasteiger partial charge in [-0.25, -0.2) is 5.10 Å². The number of fused-ring (bicyclic) bond motifs is 1. The van der Waals surface area contributed by atoms with Crippen molar-refractivity contribution >= 4 is 12.7 Å². The van der Waals surface area contributed by atoms with E-state index in [0.29, 0.717) is 0 Å². The summed E-state index contributed by atoms with van der Waals surface area (Å²) in [6, 6.07) is 10.2. The molecule has 1 aliphatic heterocycles. The predicted octanol–water partition coefficient (Wildman–Crippen LogP) is -0.0639. The van der Waals surface area contributed by atoms with Crippen LogP contribution in [0, 0.1) is 0 Å². The monoisotopic (exact) mass is 210 g/mol. The zero-order valence-electron chi connectivity index (χ0n) is 8.86. The number of H-pyrrole nitrogens is 1. The Balaban J connectivity index is 1.97. The Kier molecular flexibility index (Phi) is 2.13. The van der Waals surface area contributed by atoms with Crippen LogP contribution in [0.4, 0.5) is 0 Å². The fraction of sp³-hybridized carbons (Fsp3) is 0.167. The van der Waals surface area contributed by atoms with E-state index in [1.165, 1.54) is 5.56 Å². The second-order valence-corrected chi connectivity index (χ2v) is 4.12. The minimum absolute atomic E-state index is 0.0157. The van der Waals surface area contributed by atoms with Crippen LogP contribution >= 0.6 is 0 Å². The zero-order chi connectivity index (χ0) is 11.0. The molecule has 16 heavy (non-hydrogen) atoms. The molecule has 3 rings (SSSR count). The number of aromatic nitrogens is 2. The average Bonchev–Trinajstić information content (AvgIpc) is 2.24. The topological polar surface area (TPSA) is 45.8 Å². The molecule has 2 aromatic rings. The Labute approximate surface area is 93.8 Å². The first-order valence-corrected chi connectivity index (χ1v) is 5.48. The molecular weight excluding hydrogens is 199 g/mol. The van der Waals surface area contributed by atoms with Crippen molar-refractivity contribution in [1.82, 2.24) is 10.2 Å². The van der Waals surface area contributed by atoms with Gasteiger partial charge in [-0.2, -0.15) is 5.10 Å². The molecule has 0 unspecified atom stereocenters. The van der Waals surface area contributed by atoms with E-state index in [2.05, 4.69) is 22.3 Å². The Morgan fingerprint density at radius 1 is 1.31 bits per heavy atom. The maximum Gasteiger partial charge on any atom is 0.266 e. The molecule has 1 aliphatic rings. The lowest BCUT2D eigenvalue weighted by atomic mass is 9.52. The Hall–Kier alpha value is -1.84. The molecule has 0 radical (unpaired) electrons. The largest absolute Gasteiger partial charge is 0.268 e. The van der Waals surface area contributed by atoms with Crippen molar-refractivity contribution in [2.75, 3.05) is 0 Å². The summed E-state index contributed by atoms with van der Waals surface area (Å²) in [6.45, 7) is 0. The Morgan fingerprint density at radius 2 is 2.12 bits per heavy atom. The highest BCUT2D eigenvalue weighted by Crippen LogP contribution is 2.08. The van der Waals surface area contributed by atoms with Crippen LogP contribution in [0.2, 0.25) is 0 Å². The van der Waals surface area contributed by atoms with Crippen molar-refractivity contribution in [3.8, 4) is 0 Å². The van der Waals surface area contributed by atoms with Gasteiger partial charge in [-0.15, -0.1) is 0 Å². The molecule has 0 atom stereocenters. The van der Waals surface area contributed by atoms with Crippen molar-refractivity contribution in [3.63, 3.8) is 0 Å². The third-order valence-electron chi connectivity index (χ3n) is 3.12. The smallest absolute Gasteiger partial charge is 0.266 e. The van der Waals surface area contributed by atoms with Crippen LogP contribution in [-0.4, -0.2) is 17.5 Å². The summed E-state index contributed by atoms with van der Waals surface area (Å²) in [6.07, 6.45) is 1.70. The number of hydrogen-bond donors (Lipinski definition) is 1. The third-order valence-corrected chi connectivity index (χ3v) is 3.12. The van der Waals surface area contributed by atoms with Gasteiger partial charge >= 0.3 is 0 Å². The van der Waals surface area contributed by atoms with Crippen LogP contribution < -0.4 is 11.0 Å². The Morgan fingerprint density at radius 3 is 2.81 bits per heavy atom. The van der Waals surface area contributed by atoms with Gasteiger partial charge in [-0.3, -0.25) is 4.79 Å². The van der Waals surface area contributed by atoms with Crippen LogP contribution in [0.1, 0.15) is 16.8 Å². The fourth-order valence-corrected chi connectivity index (χ4v) is 2.13. The van der Waals surface area contributed by atoms with E-state index in [0.717, 1.165) is 36.7 Å². The molecule has 0 fully saturated rings. The van der Waals surface area contributed by atoms with Gasteiger partial charge in [0.2, 0.25) is 0 Å². The lowest BCUT2D eigenvalue weighted by Crippen LogP contribution is -2.44. The van der Waals surface area contributed by atoms with E-state index in [-0.39, 0.29) is 5.56 Å². The maximum absolute atomic E-state index is 11.4. The van der Waals surface area contributed by atoms with Crippen LogP contribution in [0.3, 0.4) is 0 Å². The predicted molar refractivity (Wildman–Crippen MR) is 64.6 cm³/mol. The molecule has 0 saturated carbocycles. The van der Waals surface area contributed by atoms with Crippen LogP contribution in [0.15, 0.2) is 35.1 Å². The molecule has 2 heterocycles. The van der Waals surface area contributed by atoms with E-state index in [1.54, 1.807) is 0 Å². The minimum atomic E-state index is -0.0157. The summed E-state index contributed by atoms with van der Waals surface area (Å²) in [5, 5.41) is 6.72. The second kappa shape index (κ2) is 3.63. The molecule has 0 bridgehead atoms. The van der Waals surface area contributed by atoms with Gasteiger partial charge in [0.1, 0.15) is 0 Å². The number of nitrogens with one attached hydrogen (secondary N) is 1. The molecular formula is C12H11BN2O. The summed E-state index contributed by atoms with van der Waals surface area (Å²) in [5.74, 6) is 0. The summed E-state index contributed by atoms with van der Waals surface area (Å²) in [4.78, 5) is 11.4. The Bertz CT molecular complexity index is 577. The van der Waals surface area contributed by atoms with Crippen LogP contribution in [-0.2, 0) is 12.7 Å². The molecule has 3 nitrogen and oxygen atoms in total. The van der Waals surface area contributed by atoms with Crippen molar-refractivity contribution in [1.29, 1.82) is 0 Å². The van der Waals surface area contributed by atoms with Gasteiger partial charge in [-0.05, 0) is 11.9 Å². The van der Waals surface area contributed by atoms with E-state index in [9.17, 15) is 4.79 Å². The first-order chi connectivity index (χ1) is 7.84. The molecule has 1 aromatic heterocycles. The summed E-state index contributed by atoms with van der Waals surface area (Å²) >= 11 is 0. The zero-order valence-corrected chi connectivity index (χ0v) is 8.86. The maximum atomic E-state index is 11.4. The van der Waals surface area contributed by atoms with Crippen molar-refractivity contribution in [3.05, 3.63) is 57.5 Å². The normalized spacial score (nSPS) is 12.5. The van der Waals surface area contributed by atoms with E-state index in [4.69, 9.17) is 0 Å². The lowest BCUT2D eigenvalue weighted by molar-refractivity contribution is 0.896. The molecule has 1 aromatic carbocycles. The fourth-order valence-electron chi connectivity index (χ4n) is 2.13. The quantitative estimate of drug-likeness (QED) is 0.705. The standard InChI is InChI=1S/C12H11BN2O/c16-12-9-7-13-11(9)10(14-15-12)6-8-4-2-1-3-5-8/h1-5,13H,6-7H2,(H,15,16). The molecule has 4 heteroatoms. The number of hydrogen-bond acceptors (Lipinski definition) is 2. The highest BCUT2D eigenvalue weighted by atomic mass is 16.1. The van der Waals surface area contributed by atoms with E-state index < -0.39 is 0 Å². The summed E-state index contributed by atoms with van der Waals surface area (Å²) in [7, 11) is 0.994. The van der Waals surface area contributed by atoms with Gasteiger partial charge in [0.05, 0.1) is 5.69 Å². The highest BCUT2D eigenvalue weighted by Gasteiger charge is 2.22. The number of rotatable bonds is 2. The van der Waals surface area contributed by atoms with Gasteiger partial charge in [0.15, 0.2) is 7.28 Å². The number of aromatic amines is 1. The second-order valence-electron chi connectivity index (χ2n) is 4.12. The molecule has 0 aliphatic carbocycles. The van der Waals surface area contributed by atoms with Gasteiger partial charge in [0.25, 0.3) is 5.56 Å². The van der Waals surface area contributed by atoms with Crippen LogP contribution in [0.5, 0.6) is 0 Å². The molecule has 78 valence electrons. The highest BCUT2D eigenvalue weighted by molar-refractivity contribution is 6.59. The van der Waals surface area contributed by atoms with E-state index in [1.807, 2.05) is 18.2 Å². The molecule has 1 N–H and O–H groups in total. The number of benzene rings is 1. The van der Waals surface area contributed by atoms with Gasteiger partial charge < -0.3 is 0 Å². The summed E-state index contributed by atoms with van der Waals surface area (Å²) in [5.41, 5.74) is 4.33.